The highest BCUT2D eigenvalue weighted by molar-refractivity contribution is 5.82. The number of nitrogens with two attached hydrogens (primary N) is 1. The Hall–Kier alpha value is -2.10. The smallest absolute Gasteiger partial charge is 0.222 e. The maximum Gasteiger partial charge on any atom is 0.222 e. The highest BCUT2D eigenvalue weighted by Gasteiger charge is 2.21. The molecule has 4 nitrogen and oxygen atoms in total. The van der Waals surface area contributed by atoms with Crippen molar-refractivity contribution in [1.29, 1.82) is 0 Å². The van der Waals surface area contributed by atoms with Crippen LogP contribution in [0, 0.1) is 0 Å². The number of fused-ring (bicyclic) bond motifs is 1. The zero-order valence-electron chi connectivity index (χ0n) is 13.8. The highest BCUT2D eigenvalue weighted by atomic mass is 16.2. The van der Waals surface area contributed by atoms with Crippen molar-refractivity contribution in [3.8, 4) is 0 Å². The van der Waals surface area contributed by atoms with Crippen LogP contribution in [-0.2, 0) is 11.2 Å². The Morgan fingerprint density at radius 3 is 2.78 bits per heavy atom. The van der Waals surface area contributed by atoms with Gasteiger partial charge in [-0.3, -0.25) is 4.79 Å². The molecule has 4 heteroatoms. The van der Waals surface area contributed by atoms with Crippen molar-refractivity contribution in [3.63, 3.8) is 0 Å². The second kappa shape index (κ2) is 6.99. The number of rotatable bonds is 4. The highest BCUT2D eigenvalue weighted by Crippen LogP contribution is 2.23. The summed E-state index contributed by atoms with van der Waals surface area (Å²) < 4.78 is 0. The summed E-state index contributed by atoms with van der Waals surface area (Å²) in [7, 11) is 1.94. The van der Waals surface area contributed by atoms with E-state index in [0.717, 1.165) is 29.3 Å². The molecule has 0 radical (unpaired) electrons. The Morgan fingerprint density at radius 1 is 1.26 bits per heavy atom. The molecule has 1 heterocycles. The lowest BCUT2D eigenvalue weighted by Gasteiger charge is -2.31. The van der Waals surface area contributed by atoms with Crippen molar-refractivity contribution < 1.29 is 4.79 Å². The first kappa shape index (κ1) is 15.8. The summed E-state index contributed by atoms with van der Waals surface area (Å²) in [5.74, 6) is 0.751. The number of aromatic nitrogens is 1. The minimum atomic E-state index is 0.212. The summed E-state index contributed by atoms with van der Waals surface area (Å²) in [4.78, 5) is 18.8. The molecule has 0 saturated heterocycles. The SMILES string of the molecule is CN(C(=O)CCc1cc2ccccc2nc1N)C1CCCCC1. The number of nitrogens with zero attached hydrogens (tertiary/aromatic N) is 2. The molecule has 2 aromatic rings. The average molecular weight is 311 g/mol. The number of aryl methyl sites for hydroxylation is 1. The topological polar surface area (TPSA) is 59.2 Å². The van der Waals surface area contributed by atoms with Gasteiger partial charge in [0.2, 0.25) is 5.91 Å². The van der Waals surface area contributed by atoms with Gasteiger partial charge < -0.3 is 10.6 Å². The molecule has 0 spiro atoms. The van der Waals surface area contributed by atoms with Crippen molar-refractivity contribution in [1.82, 2.24) is 9.88 Å². The van der Waals surface area contributed by atoms with E-state index in [4.69, 9.17) is 5.73 Å². The van der Waals surface area contributed by atoms with Crippen molar-refractivity contribution in [3.05, 3.63) is 35.9 Å². The molecule has 1 aromatic heterocycles. The summed E-state index contributed by atoms with van der Waals surface area (Å²) in [5.41, 5.74) is 7.92. The zero-order valence-corrected chi connectivity index (χ0v) is 13.8. The molecule has 1 fully saturated rings. The second-order valence-corrected chi connectivity index (χ2v) is 6.52. The number of carbonyl (C=O) groups is 1. The van der Waals surface area contributed by atoms with Gasteiger partial charge in [-0.2, -0.15) is 0 Å². The fraction of sp³-hybridized carbons (Fsp3) is 0.474. The van der Waals surface area contributed by atoms with E-state index in [1.165, 1.54) is 19.3 Å². The van der Waals surface area contributed by atoms with Crippen LogP contribution in [-0.4, -0.2) is 28.9 Å². The van der Waals surface area contributed by atoms with E-state index in [2.05, 4.69) is 11.1 Å². The van der Waals surface area contributed by atoms with Gasteiger partial charge in [-0.1, -0.05) is 37.5 Å². The monoisotopic (exact) mass is 311 g/mol. The van der Waals surface area contributed by atoms with E-state index in [1.807, 2.05) is 36.2 Å². The van der Waals surface area contributed by atoms with Crippen molar-refractivity contribution in [2.24, 2.45) is 0 Å². The number of anilines is 1. The maximum atomic E-state index is 12.5. The molecule has 122 valence electrons. The van der Waals surface area contributed by atoms with Gasteiger partial charge in [0, 0.05) is 24.9 Å². The number of carbonyl (C=O) groups excluding carboxylic acids is 1. The van der Waals surface area contributed by atoms with Crippen LogP contribution in [0.3, 0.4) is 0 Å². The molecule has 0 atom stereocenters. The number of amides is 1. The fourth-order valence-electron chi connectivity index (χ4n) is 3.46. The van der Waals surface area contributed by atoms with Gasteiger partial charge >= 0.3 is 0 Å². The summed E-state index contributed by atoms with van der Waals surface area (Å²) >= 11 is 0. The molecule has 1 aliphatic carbocycles. The molecule has 2 N–H and O–H groups in total. The minimum absolute atomic E-state index is 0.212. The third-order valence-corrected chi connectivity index (χ3v) is 4.96. The Bertz CT molecular complexity index is 692. The second-order valence-electron chi connectivity index (χ2n) is 6.52. The number of hydrogen-bond donors (Lipinski definition) is 1. The Labute approximate surface area is 137 Å². The van der Waals surface area contributed by atoms with Crippen molar-refractivity contribution in [2.45, 2.75) is 51.0 Å². The Balaban J connectivity index is 1.65. The van der Waals surface area contributed by atoms with Crippen LogP contribution in [0.2, 0.25) is 0 Å². The maximum absolute atomic E-state index is 12.5. The predicted molar refractivity (Wildman–Crippen MR) is 94.1 cm³/mol. The average Bonchev–Trinajstić information content (AvgIpc) is 2.59. The van der Waals surface area contributed by atoms with E-state index < -0.39 is 0 Å². The van der Waals surface area contributed by atoms with Gasteiger partial charge in [-0.15, -0.1) is 0 Å². The molecule has 1 saturated carbocycles. The lowest BCUT2D eigenvalue weighted by molar-refractivity contribution is -0.132. The lowest BCUT2D eigenvalue weighted by atomic mass is 9.94. The molecule has 1 aliphatic rings. The van der Waals surface area contributed by atoms with E-state index in [0.29, 0.717) is 24.7 Å². The predicted octanol–water partition coefficient (Wildman–Crippen LogP) is 3.54. The third-order valence-electron chi connectivity index (χ3n) is 4.96. The van der Waals surface area contributed by atoms with Crippen LogP contribution < -0.4 is 5.73 Å². The summed E-state index contributed by atoms with van der Waals surface area (Å²) in [6, 6.07) is 10.4. The summed E-state index contributed by atoms with van der Waals surface area (Å²) in [6.45, 7) is 0. The lowest BCUT2D eigenvalue weighted by Crippen LogP contribution is -2.38. The number of pyridine rings is 1. The van der Waals surface area contributed by atoms with E-state index in [-0.39, 0.29) is 5.91 Å². The number of benzene rings is 1. The molecular formula is C19H25N3O. The molecule has 0 unspecified atom stereocenters. The first-order chi connectivity index (χ1) is 11.1. The van der Waals surface area contributed by atoms with Gasteiger partial charge in [0.05, 0.1) is 5.52 Å². The van der Waals surface area contributed by atoms with Gasteiger partial charge in [-0.25, -0.2) is 4.98 Å². The first-order valence-electron chi connectivity index (χ1n) is 8.55. The normalized spacial score (nSPS) is 15.7. The molecule has 1 amide bonds. The minimum Gasteiger partial charge on any atom is -0.383 e. The van der Waals surface area contributed by atoms with Crippen LogP contribution >= 0.6 is 0 Å². The van der Waals surface area contributed by atoms with Crippen molar-refractivity contribution in [2.75, 3.05) is 12.8 Å². The van der Waals surface area contributed by atoms with Crippen LogP contribution in [0.5, 0.6) is 0 Å². The van der Waals surface area contributed by atoms with E-state index >= 15 is 0 Å². The first-order valence-corrected chi connectivity index (χ1v) is 8.55. The summed E-state index contributed by atoms with van der Waals surface area (Å²) in [5, 5.41) is 1.07. The van der Waals surface area contributed by atoms with Gasteiger partial charge in [-0.05, 0) is 37.0 Å². The number of para-hydroxylation sites is 1. The Kier molecular flexibility index (Phi) is 4.79. The van der Waals surface area contributed by atoms with Gasteiger partial charge in [0.1, 0.15) is 5.82 Å². The molecule has 1 aromatic carbocycles. The third kappa shape index (κ3) is 3.63. The molecule has 3 rings (SSSR count). The largest absolute Gasteiger partial charge is 0.383 e. The molecule has 0 bridgehead atoms. The van der Waals surface area contributed by atoms with Crippen LogP contribution in [0.4, 0.5) is 5.82 Å². The molecule has 0 aliphatic heterocycles. The summed E-state index contributed by atoms with van der Waals surface area (Å²) in [6.07, 6.45) is 7.21. The zero-order chi connectivity index (χ0) is 16.2. The Morgan fingerprint density at radius 2 is 2.00 bits per heavy atom. The van der Waals surface area contributed by atoms with Crippen molar-refractivity contribution >= 4 is 22.6 Å². The number of nitrogen functional groups attached to an aromatic ring is 1. The van der Waals surface area contributed by atoms with Crippen LogP contribution in [0.15, 0.2) is 30.3 Å². The molecular weight excluding hydrogens is 286 g/mol. The fourth-order valence-corrected chi connectivity index (χ4v) is 3.46. The molecule has 23 heavy (non-hydrogen) atoms. The number of hydrogen-bond acceptors (Lipinski definition) is 3. The van der Waals surface area contributed by atoms with Crippen LogP contribution in [0.1, 0.15) is 44.1 Å². The van der Waals surface area contributed by atoms with Gasteiger partial charge in [0.15, 0.2) is 0 Å². The van der Waals surface area contributed by atoms with E-state index in [9.17, 15) is 4.79 Å². The van der Waals surface area contributed by atoms with Crippen LogP contribution in [0.25, 0.3) is 10.9 Å². The quantitative estimate of drug-likeness (QED) is 0.939. The van der Waals surface area contributed by atoms with E-state index in [1.54, 1.807) is 0 Å². The van der Waals surface area contributed by atoms with Gasteiger partial charge in [0.25, 0.3) is 0 Å². The standard InChI is InChI=1S/C19H25N3O/c1-22(16-8-3-2-4-9-16)18(23)12-11-15-13-14-7-5-6-10-17(14)21-19(15)20/h5-7,10,13,16H,2-4,8-9,11-12H2,1H3,(H2,20,21).